The van der Waals surface area contributed by atoms with Crippen molar-refractivity contribution in [2.45, 2.75) is 13.0 Å². The molecule has 1 unspecified atom stereocenters. The SMILES string of the molecule is COc1cccc(C2/C(=C(\O)c3cc(Cl)c(OC)c(Cl)c3)C(=O)C(=O)N2c2ccc(NC(C)=O)cc2)c1. The molecule has 0 aliphatic carbocycles. The fourth-order valence-electron chi connectivity index (χ4n) is 4.18. The number of aliphatic hydroxyl groups is 1. The monoisotopic (exact) mass is 540 g/mol. The van der Waals surface area contributed by atoms with Crippen LogP contribution in [0.1, 0.15) is 24.1 Å². The van der Waals surface area contributed by atoms with Crippen LogP contribution in [0.2, 0.25) is 10.0 Å². The Morgan fingerprint density at radius 1 is 0.973 bits per heavy atom. The highest BCUT2D eigenvalue weighted by Gasteiger charge is 2.47. The van der Waals surface area contributed by atoms with Crippen LogP contribution in [0.3, 0.4) is 0 Å². The number of rotatable bonds is 6. The van der Waals surface area contributed by atoms with E-state index in [0.717, 1.165) is 0 Å². The van der Waals surface area contributed by atoms with Crippen molar-refractivity contribution in [3.05, 3.63) is 87.4 Å². The van der Waals surface area contributed by atoms with E-state index in [-0.39, 0.29) is 32.8 Å². The third kappa shape index (κ3) is 4.98. The maximum absolute atomic E-state index is 13.4. The van der Waals surface area contributed by atoms with Crippen molar-refractivity contribution in [1.82, 2.24) is 0 Å². The first-order valence-corrected chi connectivity index (χ1v) is 11.8. The molecule has 1 aliphatic heterocycles. The highest BCUT2D eigenvalue weighted by atomic mass is 35.5. The Kier molecular flexibility index (Phi) is 7.42. The number of hydrogen-bond acceptors (Lipinski definition) is 6. The van der Waals surface area contributed by atoms with E-state index in [1.54, 1.807) is 48.5 Å². The Balaban J connectivity index is 1.92. The zero-order valence-corrected chi connectivity index (χ0v) is 21.6. The molecule has 1 heterocycles. The molecule has 0 bridgehead atoms. The fourth-order valence-corrected chi connectivity index (χ4v) is 4.82. The molecule has 2 amide bonds. The number of amides is 2. The van der Waals surface area contributed by atoms with Gasteiger partial charge in [0, 0.05) is 23.9 Å². The van der Waals surface area contributed by atoms with E-state index < -0.39 is 23.5 Å². The quantitative estimate of drug-likeness (QED) is 0.239. The Bertz CT molecular complexity index is 1410. The Hall–Kier alpha value is -4.01. The first-order chi connectivity index (χ1) is 17.7. The standard InChI is InChI=1S/C27H22Cl2N2O6/c1-14(32)30-17-7-9-18(10-8-17)31-23(15-5-4-6-19(11-15)36-2)22(25(34)27(31)35)24(33)16-12-20(28)26(37-3)21(29)13-16/h4-13,23,33H,1-3H3,(H,30,32)/b24-22+. The molecule has 0 aromatic heterocycles. The van der Waals surface area contributed by atoms with Gasteiger partial charge in [-0.05, 0) is 54.1 Å². The number of carbonyl (C=O) groups is 3. The second-order valence-corrected chi connectivity index (χ2v) is 8.96. The molecule has 2 N–H and O–H groups in total. The number of carbonyl (C=O) groups excluding carboxylic acids is 3. The van der Waals surface area contributed by atoms with Crippen LogP contribution < -0.4 is 19.7 Å². The maximum Gasteiger partial charge on any atom is 0.300 e. The number of nitrogens with one attached hydrogen (secondary N) is 1. The van der Waals surface area contributed by atoms with Crippen LogP contribution in [-0.4, -0.2) is 36.9 Å². The van der Waals surface area contributed by atoms with Gasteiger partial charge in [0.05, 0.1) is 35.9 Å². The molecule has 10 heteroatoms. The second kappa shape index (κ2) is 10.5. The van der Waals surface area contributed by atoms with Gasteiger partial charge in [-0.25, -0.2) is 0 Å². The van der Waals surface area contributed by atoms with Crippen molar-refractivity contribution >= 4 is 57.9 Å². The highest BCUT2D eigenvalue weighted by Crippen LogP contribution is 2.44. The van der Waals surface area contributed by atoms with Gasteiger partial charge < -0.3 is 19.9 Å². The average Bonchev–Trinajstić information content (AvgIpc) is 3.14. The number of benzene rings is 3. The summed E-state index contributed by atoms with van der Waals surface area (Å²) in [7, 11) is 2.90. The van der Waals surface area contributed by atoms with Gasteiger partial charge in [-0.2, -0.15) is 0 Å². The summed E-state index contributed by atoms with van der Waals surface area (Å²) in [5.41, 5.74) is 1.42. The molecule has 3 aromatic rings. The highest BCUT2D eigenvalue weighted by molar-refractivity contribution is 6.51. The number of anilines is 2. The largest absolute Gasteiger partial charge is 0.507 e. The zero-order valence-electron chi connectivity index (χ0n) is 20.0. The van der Waals surface area contributed by atoms with Gasteiger partial charge in [-0.3, -0.25) is 19.3 Å². The lowest BCUT2D eigenvalue weighted by Gasteiger charge is -2.26. The van der Waals surface area contributed by atoms with Gasteiger partial charge in [0.15, 0.2) is 5.75 Å². The lowest BCUT2D eigenvalue weighted by atomic mass is 9.95. The van der Waals surface area contributed by atoms with E-state index in [9.17, 15) is 19.5 Å². The van der Waals surface area contributed by atoms with Crippen LogP contribution >= 0.6 is 23.2 Å². The average molecular weight is 541 g/mol. The predicted octanol–water partition coefficient (Wildman–Crippen LogP) is 5.60. The molecule has 0 spiro atoms. The molecular formula is C27H22Cl2N2O6. The number of Topliss-reactive ketones (excluding diaryl/α,β-unsaturated/α-hetero) is 1. The van der Waals surface area contributed by atoms with Crippen LogP contribution in [0.15, 0.2) is 66.2 Å². The molecule has 4 rings (SSSR count). The van der Waals surface area contributed by atoms with Crippen molar-refractivity contribution in [3.63, 3.8) is 0 Å². The number of ether oxygens (including phenoxy) is 2. The lowest BCUT2D eigenvalue weighted by Crippen LogP contribution is -2.29. The summed E-state index contributed by atoms with van der Waals surface area (Å²) in [5.74, 6) is -1.72. The number of halogens is 2. The van der Waals surface area contributed by atoms with Crippen LogP contribution in [-0.2, 0) is 14.4 Å². The van der Waals surface area contributed by atoms with E-state index in [4.69, 9.17) is 32.7 Å². The minimum Gasteiger partial charge on any atom is -0.507 e. The third-order valence-electron chi connectivity index (χ3n) is 5.80. The van der Waals surface area contributed by atoms with Crippen molar-refractivity contribution in [1.29, 1.82) is 0 Å². The van der Waals surface area contributed by atoms with Crippen molar-refractivity contribution < 1.29 is 29.0 Å². The maximum atomic E-state index is 13.4. The number of aliphatic hydroxyl groups excluding tert-OH is 1. The minimum absolute atomic E-state index is 0.122. The molecule has 1 saturated heterocycles. The summed E-state index contributed by atoms with van der Waals surface area (Å²) in [5, 5.41) is 14.2. The van der Waals surface area contributed by atoms with Gasteiger partial charge in [0.1, 0.15) is 11.5 Å². The number of nitrogens with zero attached hydrogens (tertiary/aromatic N) is 1. The fraction of sp³-hybridized carbons (Fsp3) is 0.148. The molecule has 0 radical (unpaired) electrons. The number of hydrogen-bond donors (Lipinski definition) is 2. The zero-order chi connectivity index (χ0) is 26.9. The minimum atomic E-state index is -0.999. The van der Waals surface area contributed by atoms with Gasteiger partial charge >= 0.3 is 0 Å². The molecule has 1 fully saturated rings. The predicted molar refractivity (Wildman–Crippen MR) is 142 cm³/mol. The normalized spacial score (nSPS) is 16.6. The van der Waals surface area contributed by atoms with E-state index in [1.165, 1.54) is 38.2 Å². The summed E-state index contributed by atoms with van der Waals surface area (Å²) in [6.45, 7) is 1.38. The van der Waals surface area contributed by atoms with Gasteiger partial charge in [-0.1, -0.05) is 35.3 Å². The number of ketones is 1. The summed E-state index contributed by atoms with van der Waals surface area (Å²) >= 11 is 12.5. The lowest BCUT2D eigenvalue weighted by molar-refractivity contribution is -0.132. The van der Waals surface area contributed by atoms with E-state index in [2.05, 4.69) is 5.32 Å². The molecule has 1 aliphatic rings. The Morgan fingerprint density at radius 3 is 2.19 bits per heavy atom. The first-order valence-electron chi connectivity index (χ1n) is 11.0. The summed E-state index contributed by atoms with van der Waals surface area (Å²) in [6.07, 6.45) is 0. The summed E-state index contributed by atoms with van der Waals surface area (Å²) < 4.78 is 10.5. The summed E-state index contributed by atoms with van der Waals surface area (Å²) in [4.78, 5) is 39.4. The summed E-state index contributed by atoms with van der Waals surface area (Å²) in [6, 6.07) is 15.1. The van der Waals surface area contributed by atoms with E-state index in [0.29, 0.717) is 22.7 Å². The van der Waals surface area contributed by atoms with Gasteiger partial charge in [0.25, 0.3) is 11.7 Å². The van der Waals surface area contributed by atoms with Crippen LogP contribution in [0.5, 0.6) is 11.5 Å². The van der Waals surface area contributed by atoms with Crippen LogP contribution in [0, 0.1) is 0 Å². The van der Waals surface area contributed by atoms with Crippen LogP contribution in [0.4, 0.5) is 11.4 Å². The molecule has 0 saturated carbocycles. The second-order valence-electron chi connectivity index (χ2n) is 8.15. The molecule has 190 valence electrons. The molecule has 37 heavy (non-hydrogen) atoms. The molecular weight excluding hydrogens is 519 g/mol. The van der Waals surface area contributed by atoms with Gasteiger partial charge in [0.2, 0.25) is 5.91 Å². The third-order valence-corrected chi connectivity index (χ3v) is 6.36. The molecule has 8 nitrogen and oxygen atoms in total. The Labute approximate surface area is 223 Å². The van der Waals surface area contributed by atoms with Crippen molar-refractivity contribution in [3.8, 4) is 11.5 Å². The molecule has 3 aromatic carbocycles. The van der Waals surface area contributed by atoms with Crippen LogP contribution in [0.25, 0.3) is 5.76 Å². The first kappa shape index (κ1) is 26.1. The van der Waals surface area contributed by atoms with Crippen molar-refractivity contribution in [2.24, 2.45) is 0 Å². The van der Waals surface area contributed by atoms with E-state index >= 15 is 0 Å². The molecule has 1 atom stereocenters. The topological polar surface area (TPSA) is 105 Å². The van der Waals surface area contributed by atoms with Crippen molar-refractivity contribution in [2.75, 3.05) is 24.4 Å². The van der Waals surface area contributed by atoms with E-state index in [1.807, 2.05) is 0 Å². The Morgan fingerprint density at radius 2 is 1.62 bits per heavy atom. The smallest absolute Gasteiger partial charge is 0.300 e. The number of methoxy groups -OCH3 is 2. The van der Waals surface area contributed by atoms with Gasteiger partial charge in [-0.15, -0.1) is 0 Å².